The monoisotopic (exact) mass is 389 g/mol. The minimum absolute atomic E-state index is 0.000205. The summed E-state index contributed by atoms with van der Waals surface area (Å²) in [5.41, 5.74) is 0.0433. The molecule has 140 valence electrons. The number of pyridine rings is 1. The smallest absolute Gasteiger partial charge is 0.258 e. The second kappa shape index (κ2) is 6.49. The van der Waals surface area contributed by atoms with Crippen LogP contribution in [0.2, 0.25) is 5.02 Å². The van der Waals surface area contributed by atoms with E-state index in [0.29, 0.717) is 24.8 Å². The maximum absolute atomic E-state index is 13.4. The van der Waals surface area contributed by atoms with Crippen LogP contribution in [0.4, 0.5) is 4.39 Å². The topological polar surface area (TPSA) is 80.3 Å². The number of rotatable bonds is 6. The number of benzene rings is 1. The predicted octanol–water partition coefficient (Wildman–Crippen LogP) is 2.47. The van der Waals surface area contributed by atoms with E-state index >= 15 is 0 Å². The van der Waals surface area contributed by atoms with Crippen molar-refractivity contribution in [3.05, 3.63) is 59.1 Å². The fraction of sp³-hybridized carbons (Fsp3) is 0.316. The summed E-state index contributed by atoms with van der Waals surface area (Å²) in [7, 11) is 0. The van der Waals surface area contributed by atoms with Crippen LogP contribution in [-0.4, -0.2) is 34.5 Å². The van der Waals surface area contributed by atoms with Crippen molar-refractivity contribution in [1.29, 1.82) is 0 Å². The number of amides is 2. The first-order valence-corrected chi connectivity index (χ1v) is 8.88. The molecule has 0 saturated heterocycles. The molecule has 27 heavy (non-hydrogen) atoms. The number of aromatic nitrogens is 1. The lowest BCUT2D eigenvalue weighted by atomic mass is 9.44. The third-order valence-electron chi connectivity index (χ3n) is 5.02. The third-order valence-corrected chi connectivity index (χ3v) is 5.32. The van der Waals surface area contributed by atoms with Crippen LogP contribution in [-0.2, 0) is 4.79 Å². The number of hydrogen-bond acceptors (Lipinski definition) is 4. The second-order valence-corrected chi connectivity index (χ2v) is 7.60. The molecule has 1 aromatic carbocycles. The van der Waals surface area contributed by atoms with Gasteiger partial charge >= 0.3 is 0 Å². The molecule has 8 heteroatoms. The van der Waals surface area contributed by atoms with Gasteiger partial charge in [-0.3, -0.25) is 14.6 Å². The average Bonchev–Trinajstić information content (AvgIpc) is 2.60. The first-order chi connectivity index (χ1) is 12.9. The van der Waals surface area contributed by atoms with Gasteiger partial charge < -0.3 is 15.4 Å². The number of halogens is 2. The standard InChI is InChI=1S/C19H17ClFN3O3/c20-14-2-1-13(7-15(14)21)27-8-16(25)23-18-9-19(10-18,11-18)24-17(26)12-3-5-22-6-4-12/h1-7H,8-11H2,(H,23,25)(H,24,26). The van der Waals surface area contributed by atoms with E-state index in [4.69, 9.17) is 16.3 Å². The maximum atomic E-state index is 13.4. The molecule has 1 heterocycles. The minimum Gasteiger partial charge on any atom is -0.484 e. The van der Waals surface area contributed by atoms with Crippen LogP contribution in [0.15, 0.2) is 42.7 Å². The summed E-state index contributed by atoms with van der Waals surface area (Å²) in [5.74, 6) is -0.768. The Morgan fingerprint density at radius 3 is 2.44 bits per heavy atom. The van der Waals surface area contributed by atoms with Gasteiger partial charge in [0.1, 0.15) is 11.6 Å². The SMILES string of the molecule is O=C(COc1ccc(Cl)c(F)c1)NC12CC(NC(=O)c3ccncc3)(C1)C2. The Morgan fingerprint density at radius 2 is 1.78 bits per heavy atom. The highest BCUT2D eigenvalue weighted by atomic mass is 35.5. The molecular formula is C19H17ClFN3O3. The number of carbonyl (C=O) groups is 2. The van der Waals surface area contributed by atoms with Crippen LogP contribution in [0, 0.1) is 5.82 Å². The van der Waals surface area contributed by atoms with Crippen molar-refractivity contribution < 1.29 is 18.7 Å². The normalized spacial score (nSPS) is 25.0. The molecule has 0 unspecified atom stereocenters. The molecule has 2 amide bonds. The molecule has 3 aliphatic rings. The summed E-state index contributed by atoms with van der Waals surface area (Å²) in [6, 6.07) is 7.34. The highest BCUT2D eigenvalue weighted by Crippen LogP contribution is 2.60. The number of ether oxygens (including phenoxy) is 1. The predicted molar refractivity (Wildman–Crippen MR) is 96.1 cm³/mol. The molecule has 0 atom stereocenters. The fourth-order valence-corrected chi connectivity index (χ4v) is 4.03. The summed E-state index contributed by atoms with van der Waals surface area (Å²) >= 11 is 5.61. The van der Waals surface area contributed by atoms with Crippen LogP contribution in [0.1, 0.15) is 29.6 Å². The van der Waals surface area contributed by atoms with Crippen LogP contribution in [0.3, 0.4) is 0 Å². The zero-order valence-electron chi connectivity index (χ0n) is 14.3. The molecule has 2 aromatic rings. The maximum Gasteiger partial charge on any atom is 0.258 e. The largest absolute Gasteiger partial charge is 0.484 e. The van der Waals surface area contributed by atoms with Gasteiger partial charge in [-0.2, -0.15) is 0 Å². The number of carbonyl (C=O) groups excluding carboxylic acids is 2. The van der Waals surface area contributed by atoms with Gasteiger partial charge in [0, 0.05) is 35.1 Å². The van der Waals surface area contributed by atoms with E-state index in [0.717, 1.165) is 6.07 Å². The Hall–Kier alpha value is -2.67. The lowest BCUT2D eigenvalue weighted by Crippen LogP contribution is -2.84. The molecule has 5 rings (SSSR count). The van der Waals surface area contributed by atoms with Crippen molar-refractivity contribution >= 4 is 23.4 Å². The third kappa shape index (κ3) is 3.47. The van der Waals surface area contributed by atoms with Gasteiger partial charge in [-0.25, -0.2) is 4.39 Å². The zero-order valence-corrected chi connectivity index (χ0v) is 15.1. The van der Waals surface area contributed by atoms with E-state index < -0.39 is 5.82 Å². The van der Waals surface area contributed by atoms with Crippen molar-refractivity contribution in [2.24, 2.45) is 0 Å². The minimum atomic E-state index is -0.596. The lowest BCUT2D eigenvalue weighted by Gasteiger charge is -2.70. The van der Waals surface area contributed by atoms with Gasteiger partial charge in [-0.15, -0.1) is 0 Å². The first-order valence-electron chi connectivity index (χ1n) is 8.50. The Balaban J connectivity index is 1.24. The van der Waals surface area contributed by atoms with E-state index in [2.05, 4.69) is 15.6 Å². The van der Waals surface area contributed by atoms with Crippen molar-refractivity contribution in [3.8, 4) is 5.75 Å². The van der Waals surface area contributed by atoms with Gasteiger partial charge in [-0.1, -0.05) is 11.6 Å². The summed E-state index contributed by atoms with van der Waals surface area (Å²) in [6.45, 7) is -0.209. The molecule has 0 spiro atoms. The van der Waals surface area contributed by atoms with Crippen molar-refractivity contribution in [1.82, 2.24) is 15.6 Å². The molecule has 1 aromatic heterocycles. The molecule has 0 radical (unpaired) electrons. The van der Waals surface area contributed by atoms with E-state index in [1.807, 2.05) is 0 Å². The van der Waals surface area contributed by atoms with Crippen molar-refractivity contribution in [2.75, 3.05) is 6.61 Å². The Bertz CT molecular complexity index is 887. The fourth-order valence-electron chi connectivity index (χ4n) is 3.92. The van der Waals surface area contributed by atoms with E-state index in [1.54, 1.807) is 24.5 Å². The molecule has 3 saturated carbocycles. The number of nitrogens with zero attached hydrogens (tertiary/aromatic N) is 1. The molecule has 3 aliphatic carbocycles. The number of nitrogens with one attached hydrogen (secondary N) is 2. The molecule has 2 N–H and O–H groups in total. The van der Waals surface area contributed by atoms with Gasteiger partial charge in [0.25, 0.3) is 11.8 Å². The molecule has 2 bridgehead atoms. The van der Waals surface area contributed by atoms with E-state index in [-0.39, 0.29) is 40.3 Å². The summed E-state index contributed by atoms with van der Waals surface area (Å²) in [6.07, 6.45) is 5.23. The van der Waals surface area contributed by atoms with Crippen molar-refractivity contribution in [3.63, 3.8) is 0 Å². The zero-order chi connectivity index (χ0) is 19.1. The highest BCUT2D eigenvalue weighted by molar-refractivity contribution is 6.30. The van der Waals surface area contributed by atoms with E-state index in [1.165, 1.54) is 12.1 Å². The lowest BCUT2D eigenvalue weighted by molar-refractivity contribution is -0.141. The van der Waals surface area contributed by atoms with Gasteiger partial charge in [-0.05, 0) is 43.5 Å². The molecule has 3 fully saturated rings. The average molecular weight is 390 g/mol. The highest BCUT2D eigenvalue weighted by Gasteiger charge is 2.69. The summed E-state index contributed by atoms with van der Waals surface area (Å²) in [4.78, 5) is 28.2. The first kappa shape index (κ1) is 17.7. The van der Waals surface area contributed by atoms with E-state index in [9.17, 15) is 14.0 Å². The van der Waals surface area contributed by atoms with Gasteiger partial charge in [0.2, 0.25) is 0 Å². The summed E-state index contributed by atoms with van der Waals surface area (Å²) < 4.78 is 18.7. The molecule has 0 aliphatic heterocycles. The molecular weight excluding hydrogens is 373 g/mol. The Morgan fingerprint density at radius 1 is 1.11 bits per heavy atom. The summed E-state index contributed by atoms with van der Waals surface area (Å²) in [5, 5.41) is 5.99. The van der Waals surface area contributed by atoms with Crippen LogP contribution in [0.5, 0.6) is 5.75 Å². The van der Waals surface area contributed by atoms with Crippen molar-refractivity contribution in [2.45, 2.75) is 30.3 Å². The van der Waals surface area contributed by atoms with Crippen LogP contribution < -0.4 is 15.4 Å². The Kier molecular flexibility index (Phi) is 4.26. The molecule has 6 nitrogen and oxygen atoms in total. The quantitative estimate of drug-likeness (QED) is 0.795. The second-order valence-electron chi connectivity index (χ2n) is 7.19. The number of hydrogen-bond donors (Lipinski definition) is 2. The van der Waals surface area contributed by atoms with Gasteiger partial charge in [0.15, 0.2) is 6.61 Å². The van der Waals surface area contributed by atoms with Gasteiger partial charge in [0.05, 0.1) is 5.02 Å². The van der Waals surface area contributed by atoms with Crippen LogP contribution >= 0.6 is 11.6 Å². The Labute approximate surface area is 160 Å². The van der Waals surface area contributed by atoms with Crippen LogP contribution in [0.25, 0.3) is 0 Å².